The van der Waals surface area contributed by atoms with Gasteiger partial charge in [-0.05, 0) is 57.7 Å². The van der Waals surface area contributed by atoms with Crippen molar-refractivity contribution in [2.75, 3.05) is 0 Å². The summed E-state index contributed by atoms with van der Waals surface area (Å²) >= 11 is 0. The number of halogens is 2. The van der Waals surface area contributed by atoms with Crippen LogP contribution < -0.4 is 4.72 Å². The van der Waals surface area contributed by atoms with Crippen LogP contribution in [0.1, 0.15) is 51.1 Å². The summed E-state index contributed by atoms with van der Waals surface area (Å²) in [5.74, 6) is -1.04. The van der Waals surface area contributed by atoms with Crippen molar-refractivity contribution in [1.29, 1.82) is 0 Å². The van der Waals surface area contributed by atoms with E-state index in [4.69, 9.17) is 0 Å². The zero-order valence-electron chi connectivity index (χ0n) is 14.8. The van der Waals surface area contributed by atoms with Crippen LogP contribution in [0.4, 0.5) is 8.78 Å². The lowest BCUT2D eigenvalue weighted by Crippen LogP contribution is -2.40. The van der Waals surface area contributed by atoms with Gasteiger partial charge in [-0.1, -0.05) is 0 Å². The molecule has 142 valence electrons. The summed E-state index contributed by atoms with van der Waals surface area (Å²) in [6, 6.07) is 5.10. The fourth-order valence-corrected chi connectivity index (χ4v) is 4.26. The van der Waals surface area contributed by atoms with E-state index in [2.05, 4.69) is 14.9 Å². The number of nitrogens with zero attached hydrogens (tertiary/aromatic N) is 1. The Morgan fingerprint density at radius 2 is 1.69 bits per heavy atom. The average Bonchev–Trinajstić information content (AvgIpc) is 3.04. The van der Waals surface area contributed by atoms with Crippen LogP contribution in [0, 0.1) is 11.6 Å². The van der Waals surface area contributed by atoms with Gasteiger partial charge in [0.2, 0.25) is 10.0 Å². The van der Waals surface area contributed by atoms with E-state index in [9.17, 15) is 17.2 Å². The van der Waals surface area contributed by atoms with Gasteiger partial charge in [-0.25, -0.2) is 21.9 Å². The number of sulfonamides is 1. The molecule has 5 nitrogen and oxygen atoms in total. The minimum absolute atomic E-state index is 0.0432. The molecule has 1 aromatic carbocycles. The van der Waals surface area contributed by atoms with Crippen molar-refractivity contribution in [3.05, 3.63) is 41.6 Å². The monoisotopic (exact) mass is 383 g/mol. The van der Waals surface area contributed by atoms with Crippen LogP contribution in [0.3, 0.4) is 0 Å². The molecule has 2 aromatic rings. The van der Waals surface area contributed by atoms with E-state index in [1.54, 1.807) is 13.8 Å². The van der Waals surface area contributed by atoms with E-state index in [1.165, 1.54) is 12.1 Å². The Morgan fingerprint density at radius 3 is 2.27 bits per heavy atom. The molecular formula is C18H23F2N3O2S. The van der Waals surface area contributed by atoms with Gasteiger partial charge in [-0.2, -0.15) is 5.10 Å². The normalized spacial score (nSPS) is 21.3. The second kappa shape index (κ2) is 7.44. The lowest BCUT2D eigenvalue weighted by molar-refractivity contribution is 0.369. The quantitative estimate of drug-likeness (QED) is 0.827. The smallest absolute Gasteiger partial charge is 0.214 e. The van der Waals surface area contributed by atoms with Crippen LogP contribution in [-0.4, -0.2) is 29.9 Å². The summed E-state index contributed by atoms with van der Waals surface area (Å²) in [7, 11) is -3.26. The molecule has 2 N–H and O–H groups in total. The van der Waals surface area contributed by atoms with Crippen molar-refractivity contribution in [2.45, 2.75) is 56.7 Å². The largest absolute Gasteiger partial charge is 0.282 e. The Kier molecular flexibility index (Phi) is 5.43. The first-order valence-electron chi connectivity index (χ1n) is 8.77. The number of H-pyrrole nitrogens is 1. The van der Waals surface area contributed by atoms with Crippen molar-refractivity contribution in [1.82, 2.24) is 14.9 Å². The Hall–Kier alpha value is -1.80. The minimum Gasteiger partial charge on any atom is -0.282 e. The van der Waals surface area contributed by atoms with Crippen LogP contribution in [0.2, 0.25) is 0 Å². The van der Waals surface area contributed by atoms with Crippen LogP contribution >= 0.6 is 0 Å². The highest BCUT2D eigenvalue weighted by atomic mass is 32.2. The molecular weight excluding hydrogens is 360 g/mol. The highest BCUT2D eigenvalue weighted by molar-refractivity contribution is 7.90. The summed E-state index contributed by atoms with van der Waals surface area (Å²) in [6.07, 6.45) is 3.15. The predicted octanol–water partition coefficient (Wildman–Crippen LogP) is 3.71. The molecule has 0 unspecified atom stereocenters. The zero-order chi connectivity index (χ0) is 18.9. The number of hydrogen-bond donors (Lipinski definition) is 2. The van der Waals surface area contributed by atoms with Gasteiger partial charge in [0.15, 0.2) is 0 Å². The second-order valence-corrected chi connectivity index (χ2v) is 9.40. The van der Waals surface area contributed by atoms with Crippen LogP contribution in [-0.2, 0) is 10.0 Å². The fraction of sp³-hybridized carbons (Fsp3) is 0.500. The number of aromatic nitrogens is 2. The average molecular weight is 383 g/mol. The molecule has 1 aliphatic carbocycles. The SMILES string of the molecule is CC(C)S(=O)(=O)N[C@H]1CC[C@H](c2cc(-c3cc(F)cc(F)c3)n[nH]2)CC1. The summed E-state index contributed by atoms with van der Waals surface area (Å²) in [5, 5.41) is 6.69. The highest BCUT2D eigenvalue weighted by Crippen LogP contribution is 2.34. The Morgan fingerprint density at radius 1 is 1.08 bits per heavy atom. The maximum absolute atomic E-state index is 13.4. The zero-order valence-corrected chi connectivity index (χ0v) is 15.6. The number of rotatable bonds is 5. The number of nitrogens with one attached hydrogen (secondary N) is 2. The molecule has 0 amide bonds. The highest BCUT2D eigenvalue weighted by Gasteiger charge is 2.28. The molecule has 0 spiro atoms. The second-order valence-electron chi connectivity index (χ2n) is 7.13. The maximum Gasteiger partial charge on any atom is 0.214 e. The third-order valence-electron chi connectivity index (χ3n) is 4.87. The lowest BCUT2D eigenvalue weighted by atomic mass is 9.84. The minimum atomic E-state index is -3.26. The summed E-state index contributed by atoms with van der Waals surface area (Å²) in [4.78, 5) is 0. The number of aromatic amines is 1. The fourth-order valence-electron chi connectivity index (χ4n) is 3.29. The molecule has 3 rings (SSSR count). The van der Waals surface area contributed by atoms with E-state index >= 15 is 0 Å². The van der Waals surface area contributed by atoms with Crippen molar-refractivity contribution in [3.8, 4) is 11.3 Å². The van der Waals surface area contributed by atoms with Gasteiger partial charge in [-0.15, -0.1) is 0 Å². The maximum atomic E-state index is 13.4. The summed E-state index contributed by atoms with van der Waals surface area (Å²) in [6.45, 7) is 3.32. The molecule has 1 saturated carbocycles. The van der Waals surface area contributed by atoms with E-state index in [1.807, 2.05) is 6.07 Å². The molecule has 1 aromatic heterocycles. The molecule has 1 aliphatic rings. The third kappa shape index (κ3) is 4.29. The topological polar surface area (TPSA) is 74.8 Å². The van der Waals surface area contributed by atoms with Crippen LogP contribution in [0.25, 0.3) is 11.3 Å². The van der Waals surface area contributed by atoms with E-state index in [0.29, 0.717) is 11.3 Å². The van der Waals surface area contributed by atoms with Gasteiger partial charge in [0.05, 0.1) is 10.9 Å². The first-order chi connectivity index (χ1) is 12.2. The summed E-state index contributed by atoms with van der Waals surface area (Å²) in [5.41, 5.74) is 1.80. The van der Waals surface area contributed by atoms with Crippen molar-refractivity contribution >= 4 is 10.0 Å². The van der Waals surface area contributed by atoms with Crippen LogP contribution in [0.5, 0.6) is 0 Å². The standard InChI is InChI=1S/C18H23F2N3O2S/c1-11(2)26(24,25)23-16-5-3-12(4-6-16)17-10-18(22-21-17)13-7-14(19)9-15(20)8-13/h7-12,16,23H,3-6H2,1-2H3,(H,21,22)/t12-,16-. The number of benzene rings is 1. The molecule has 26 heavy (non-hydrogen) atoms. The van der Waals surface area contributed by atoms with Gasteiger partial charge in [0, 0.05) is 29.3 Å². The van der Waals surface area contributed by atoms with Crippen LogP contribution in [0.15, 0.2) is 24.3 Å². The predicted molar refractivity (Wildman–Crippen MR) is 96.1 cm³/mol. The Balaban J connectivity index is 1.65. The third-order valence-corrected chi connectivity index (χ3v) is 6.78. The van der Waals surface area contributed by atoms with Crippen molar-refractivity contribution in [3.63, 3.8) is 0 Å². The molecule has 0 atom stereocenters. The van der Waals surface area contributed by atoms with Crippen molar-refractivity contribution < 1.29 is 17.2 Å². The van der Waals surface area contributed by atoms with Gasteiger partial charge in [-0.3, -0.25) is 5.10 Å². The first kappa shape index (κ1) is 19.0. The Labute approximate surface area is 152 Å². The van der Waals surface area contributed by atoms with Gasteiger partial charge in [0.25, 0.3) is 0 Å². The molecule has 0 aliphatic heterocycles. The molecule has 0 bridgehead atoms. The molecule has 0 saturated heterocycles. The van der Waals surface area contributed by atoms with Crippen molar-refractivity contribution in [2.24, 2.45) is 0 Å². The van der Waals surface area contributed by atoms with E-state index in [0.717, 1.165) is 37.4 Å². The molecule has 1 heterocycles. The lowest BCUT2D eigenvalue weighted by Gasteiger charge is -2.28. The molecule has 1 fully saturated rings. The van der Waals surface area contributed by atoms with Gasteiger partial charge < -0.3 is 0 Å². The number of hydrogen-bond acceptors (Lipinski definition) is 3. The molecule has 8 heteroatoms. The van der Waals surface area contributed by atoms with E-state index < -0.39 is 26.9 Å². The van der Waals surface area contributed by atoms with Gasteiger partial charge >= 0.3 is 0 Å². The first-order valence-corrected chi connectivity index (χ1v) is 10.3. The van der Waals surface area contributed by atoms with Gasteiger partial charge in [0.1, 0.15) is 11.6 Å². The molecule has 0 radical (unpaired) electrons. The Bertz CT molecular complexity index is 852. The van der Waals surface area contributed by atoms with E-state index in [-0.39, 0.29) is 12.0 Å². The summed E-state index contributed by atoms with van der Waals surface area (Å²) < 4.78 is 53.5.